The van der Waals surface area contributed by atoms with Gasteiger partial charge in [-0.3, -0.25) is 0 Å². The van der Waals surface area contributed by atoms with Gasteiger partial charge in [0.05, 0.1) is 11.1 Å². The first-order valence-corrected chi connectivity index (χ1v) is 21.0. The Morgan fingerprint density at radius 3 is 1.55 bits per heavy atom. The fraction of sp³-hybridized carbons (Fsp3) is 0.0690. The normalized spacial score (nSPS) is 14.4. The van der Waals surface area contributed by atoms with Crippen LogP contribution in [0.2, 0.25) is 0 Å². The molecule has 0 unspecified atom stereocenters. The summed E-state index contributed by atoms with van der Waals surface area (Å²) in [6.45, 7) is 4.70. The molecule has 9 aromatic carbocycles. The highest BCUT2D eigenvalue weighted by molar-refractivity contribution is 6.10. The smallest absolute Gasteiger partial charge is 0.159 e. The van der Waals surface area contributed by atoms with Gasteiger partial charge in [-0.1, -0.05) is 172 Å². The Balaban J connectivity index is 0.978. The molecule has 10 aromatic rings. The Hall–Kier alpha value is -7.42. The third kappa shape index (κ3) is 4.32. The predicted molar refractivity (Wildman–Crippen MR) is 248 cm³/mol. The molecule has 2 nitrogen and oxygen atoms in total. The number of benzene rings is 9. The summed E-state index contributed by atoms with van der Waals surface area (Å²) in [5.74, 6) is 0. The van der Waals surface area contributed by atoms with Crippen LogP contribution in [0.3, 0.4) is 0 Å². The van der Waals surface area contributed by atoms with E-state index in [1.807, 2.05) is 6.07 Å². The van der Waals surface area contributed by atoms with E-state index in [0.717, 1.165) is 39.0 Å². The molecule has 282 valence electrons. The van der Waals surface area contributed by atoms with Crippen LogP contribution in [-0.2, 0) is 10.8 Å². The number of hydrogen-bond donors (Lipinski definition) is 0. The van der Waals surface area contributed by atoms with E-state index in [9.17, 15) is 0 Å². The van der Waals surface area contributed by atoms with E-state index >= 15 is 0 Å². The Morgan fingerprint density at radius 1 is 0.367 bits per heavy atom. The maximum atomic E-state index is 6.71. The van der Waals surface area contributed by atoms with Crippen LogP contribution in [0.5, 0.6) is 0 Å². The lowest BCUT2D eigenvalue weighted by molar-refractivity contribution is 0.660. The first-order valence-electron chi connectivity index (χ1n) is 21.0. The van der Waals surface area contributed by atoms with Gasteiger partial charge in [-0.2, -0.15) is 0 Å². The van der Waals surface area contributed by atoms with E-state index in [2.05, 4.69) is 213 Å². The lowest BCUT2D eigenvalue weighted by Gasteiger charge is -2.30. The predicted octanol–water partition coefficient (Wildman–Crippen LogP) is 15.4. The quantitative estimate of drug-likeness (QED) is 0.177. The molecule has 1 heterocycles. The Morgan fingerprint density at radius 2 is 0.867 bits per heavy atom. The van der Waals surface area contributed by atoms with Crippen molar-refractivity contribution >= 4 is 39.0 Å². The summed E-state index contributed by atoms with van der Waals surface area (Å²) in [5.41, 5.74) is 22.9. The van der Waals surface area contributed by atoms with Gasteiger partial charge in [-0.25, -0.2) is 0 Å². The molecule has 1 spiro atoms. The lowest BCUT2D eigenvalue weighted by atomic mass is 9.70. The van der Waals surface area contributed by atoms with Crippen LogP contribution in [0.1, 0.15) is 47.2 Å². The fourth-order valence-corrected chi connectivity index (χ4v) is 11.2. The van der Waals surface area contributed by atoms with Crippen molar-refractivity contribution in [3.05, 3.63) is 234 Å². The maximum absolute atomic E-state index is 6.71. The second-order valence-corrected chi connectivity index (χ2v) is 17.2. The van der Waals surface area contributed by atoms with Crippen LogP contribution in [-0.4, -0.2) is 0 Å². The van der Waals surface area contributed by atoms with Gasteiger partial charge < -0.3 is 9.32 Å². The average molecular weight is 766 g/mol. The number of furan rings is 1. The Bertz CT molecular complexity index is 3360. The number of para-hydroxylation sites is 2. The molecule has 0 bridgehead atoms. The molecule has 60 heavy (non-hydrogen) atoms. The molecule has 0 aliphatic heterocycles. The minimum atomic E-state index is -0.377. The third-order valence-corrected chi connectivity index (χ3v) is 13.9. The Labute approximate surface area is 349 Å². The minimum Gasteiger partial charge on any atom is -0.454 e. The van der Waals surface area contributed by atoms with Gasteiger partial charge in [0.2, 0.25) is 0 Å². The molecule has 2 heteroatoms. The molecule has 3 aliphatic carbocycles. The van der Waals surface area contributed by atoms with Gasteiger partial charge in [-0.05, 0) is 120 Å². The third-order valence-electron chi connectivity index (χ3n) is 13.9. The van der Waals surface area contributed by atoms with Crippen LogP contribution < -0.4 is 4.90 Å². The van der Waals surface area contributed by atoms with Gasteiger partial charge >= 0.3 is 0 Å². The molecule has 13 rings (SSSR count). The van der Waals surface area contributed by atoms with Crippen LogP contribution in [0, 0.1) is 0 Å². The topological polar surface area (TPSA) is 16.4 Å². The van der Waals surface area contributed by atoms with E-state index in [1.165, 1.54) is 77.9 Å². The first-order chi connectivity index (χ1) is 29.5. The van der Waals surface area contributed by atoms with E-state index in [0.29, 0.717) is 0 Å². The van der Waals surface area contributed by atoms with Crippen molar-refractivity contribution in [2.24, 2.45) is 0 Å². The summed E-state index contributed by atoms with van der Waals surface area (Å²) < 4.78 is 6.71. The Kier molecular flexibility index (Phi) is 6.74. The molecule has 0 saturated heterocycles. The van der Waals surface area contributed by atoms with Crippen LogP contribution in [0.4, 0.5) is 17.1 Å². The average Bonchev–Trinajstić information content (AvgIpc) is 3.99. The van der Waals surface area contributed by atoms with Crippen molar-refractivity contribution in [3.8, 4) is 44.5 Å². The molecule has 0 saturated carbocycles. The molecule has 0 fully saturated rings. The number of fused-ring (bicyclic) bond motifs is 16. The standard InChI is InChI=1S/C58H39NO/c1-57(2)48-20-8-3-14-40(48)44-33-31-39(35-52(44)57)59(54-24-13-19-47-46-18-7-12-25-55(46)60-56(47)54)38-29-26-36(27-30-38)37-28-32-45-43-17-6-11-23-51(43)58(53(45)34-37)49-21-9-4-15-41(49)42-16-5-10-22-50(42)58/h3-35H,1-2H3. The molecule has 0 radical (unpaired) electrons. The van der Waals surface area contributed by atoms with Crippen molar-refractivity contribution in [1.82, 2.24) is 0 Å². The second-order valence-electron chi connectivity index (χ2n) is 17.2. The summed E-state index contributed by atoms with van der Waals surface area (Å²) >= 11 is 0. The zero-order valence-corrected chi connectivity index (χ0v) is 33.4. The number of rotatable bonds is 4. The van der Waals surface area contributed by atoms with E-state index in [-0.39, 0.29) is 10.8 Å². The molecule has 0 atom stereocenters. The highest BCUT2D eigenvalue weighted by atomic mass is 16.3. The van der Waals surface area contributed by atoms with Gasteiger partial charge in [0.1, 0.15) is 5.58 Å². The molecular weight excluding hydrogens is 727 g/mol. The van der Waals surface area contributed by atoms with Crippen molar-refractivity contribution in [2.75, 3.05) is 4.90 Å². The van der Waals surface area contributed by atoms with Crippen LogP contribution >= 0.6 is 0 Å². The number of nitrogens with zero attached hydrogens (tertiary/aromatic N) is 1. The molecule has 3 aliphatic rings. The van der Waals surface area contributed by atoms with E-state index in [1.54, 1.807) is 0 Å². The van der Waals surface area contributed by atoms with Crippen LogP contribution in [0.25, 0.3) is 66.4 Å². The minimum absolute atomic E-state index is 0.131. The highest BCUT2D eigenvalue weighted by Crippen LogP contribution is 2.63. The highest BCUT2D eigenvalue weighted by Gasteiger charge is 2.51. The molecular formula is C58H39NO. The van der Waals surface area contributed by atoms with Crippen molar-refractivity contribution in [2.45, 2.75) is 24.7 Å². The molecule has 0 amide bonds. The largest absolute Gasteiger partial charge is 0.454 e. The summed E-state index contributed by atoms with van der Waals surface area (Å²) in [5, 5.41) is 2.24. The van der Waals surface area contributed by atoms with Gasteiger partial charge in [0.25, 0.3) is 0 Å². The summed E-state index contributed by atoms with van der Waals surface area (Å²) in [6.07, 6.45) is 0. The van der Waals surface area contributed by atoms with E-state index in [4.69, 9.17) is 4.42 Å². The lowest BCUT2D eigenvalue weighted by Crippen LogP contribution is -2.25. The second kappa shape index (κ2) is 12.1. The SMILES string of the molecule is CC1(C)c2ccccc2-c2ccc(N(c3ccc(-c4ccc5c(c4)C4(c6ccccc6-c6ccccc64)c4ccccc4-5)cc3)c3cccc4c3oc3ccccc34)cc21. The molecule has 1 aromatic heterocycles. The summed E-state index contributed by atoms with van der Waals surface area (Å²) in [6, 6.07) is 74.1. The van der Waals surface area contributed by atoms with Gasteiger partial charge in [0.15, 0.2) is 5.58 Å². The van der Waals surface area contributed by atoms with Crippen molar-refractivity contribution in [3.63, 3.8) is 0 Å². The summed E-state index contributed by atoms with van der Waals surface area (Å²) in [7, 11) is 0. The zero-order valence-electron chi connectivity index (χ0n) is 33.4. The van der Waals surface area contributed by atoms with Crippen LogP contribution in [0.15, 0.2) is 205 Å². The maximum Gasteiger partial charge on any atom is 0.159 e. The first kappa shape index (κ1) is 33.5. The van der Waals surface area contributed by atoms with E-state index < -0.39 is 0 Å². The molecule has 0 N–H and O–H groups in total. The monoisotopic (exact) mass is 765 g/mol. The fourth-order valence-electron chi connectivity index (χ4n) is 11.2. The van der Waals surface area contributed by atoms with Gasteiger partial charge in [0, 0.05) is 27.6 Å². The van der Waals surface area contributed by atoms with Gasteiger partial charge in [-0.15, -0.1) is 0 Å². The van der Waals surface area contributed by atoms with Crippen molar-refractivity contribution < 1.29 is 4.42 Å². The summed E-state index contributed by atoms with van der Waals surface area (Å²) in [4.78, 5) is 2.38. The number of hydrogen-bond acceptors (Lipinski definition) is 2. The van der Waals surface area contributed by atoms with Crippen molar-refractivity contribution in [1.29, 1.82) is 0 Å². The number of anilines is 3. The zero-order chi connectivity index (χ0) is 39.7.